The molecule has 2 N–H and O–H groups in total. The molecular formula is C19H31NO. The highest BCUT2D eigenvalue weighted by Crippen LogP contribution is 2.37. The zero-order valence-corrected chi connectivity index (χ0v) is 14.1. The fourth-order valence-corrected chi connectivity index (χ4v) is 3.60. The Morgan fingerprint density at radius 2 is 1.95 bits per heavy atom. The van der Waals surface area contributed by atoms with Crippen molar-refractivity contribution in [1.82, 2.24) is 0 Å². The van der Waals surface area contributed by atoms with Gasteiger partial charge in [-0.3, -0.25) is 0 Å². The van der Waals surface area contributed by atoms with Crippen LogP contribution in [0, 0.1) is 19.8 Å². The van der Waals surface area contributed by atoms with Gasteiger partial charge < -0.3 is 10.5 Å². The van der Waals surface area contributed by atoms with E-state index in [-0.39, 0.29) is 11.6 Å². The average molecular weight is 289 g/mol. The third-order valence-corrected chi connectivity index (χ3v) is 5.17. The summed E-state index contributed by atoms with van der Waals surface area (Å²) in [5.41, 5.74) is 10.6. The minimum atomic E-state index is -0.114. The molecule has 2 rings (SSSR count). The third-order valence-electron chi connectivity index (χ3n) is 5.17. The molecule has 0 spiro atoms. The van der Waals surface area contributed by atoms with Gasteiger partial charge in [-0.2, -0.15) is 0 Å². The van der Waals surface area contributed by atoms with Crippen LogP contribution in [0.4, 0.5) is 0 Å². The van der Waals surface area contributed by atoms with Gasteiger partial charge >= 0.3 is 0 Å². The molecule has 1 aliphatic rings. The number of rotatable bonds is 5. The van der Waals surface area contributed by atoms with Gasteiger partial charge in [-0.25, -0.2) is 0 Å². The minimum absolute atomic E-state index is 0.0884. The fraction of sp³-hybridized carbons (Fsp3) is 0.684. The molecule has 1 aliphatic carbocycles. The van der Waals surface area contributed by atoms with Gasteiger partial charge in [0, 0.05) is 12.6 Å². The molecule has 1 aromatic carbocycles. The highest BCUT2D eigenvalue weighted by Gasteiger charge is 2.40. The Morgan fingerprint density at radius 1 is 1.29 bits per heavy atom. The summed E-state index contributed by atoms with van der Waals surface area (Å²) in [5, 5.41) is 0. The van der Waals surface area contributed by atoms with Crippen molar-refractivity contribution in [3.63, 3.8) is 0 Å². The van der Waals surface area contributed by atoms with E-state index in [1.54, 1.807) is 0 Å². The van der Waals surface area contributed by atoms with Crippen molar-refractivity contribution >= 4 is 0 Å². The van der Waals surface area contributed by atoms with Gasteiger partial charge in [0.05, 0.1) is 5.60 Å². The first-order valence-corrected chi connectivity index (χ1v) is 8.42. The van der Waals surface area contributed by atoms with Crippen LogP contribution in [-0.4, -0.2) is 18.2 Å². The Bertz CT molecular complexity index is 461. The molecule has 0 aliphatic heterocycles. The molecule has 0 amide bonds. The molecule has 2 heteroatoms. The van der Waals surface area contributed by atoms with Crippen LogP contribution in [0.1, 0.15) is 56.2 Å². The van der Waals surface area contributed by atoms with Crippen molar-refractivity contribution < 1.29 is 4.74 Å². The Kier molecular flexibility index (Phi) is 5.45. The number of aryl methyl sites for hydroxylation is 2. The number of hydrogen-bond acceptors (Lipinski definition) is 2. The standard InChI is InChI=1S/C19H31NO/c1-5-21-19(10-8-14(2)9-11-19)18(20)13-17-12-15(3)6-7-16(17)4/h6-7,12,14,18H,5,8-11,13,20H2,1-4H3. The van der Waals surface area contributed by atoms with E-state index in [1.807, 2.05) is 0 Å². The quantitative estimate of drug-likeness (QED) is 0.883. The summed E-state index contributed by atoms with van der Waals surface area (Å²) in [6.07, 6.45) is 5.60. The lowest BCUT2D eigenvalue weighted by atomic mass is 9.74. The topological polar surface area (TPSA) is 35.2 Å². The third kappa shape index (κ3) is 3.87. The normalized spacial score (nSPS) is 27.6. The Balaban J connectivity index is 2.15. The molecule has 118 valence electrons. The number of hydrogen-bond donors (Lipinski definition) is 1. The van der Waals surface area contributed by atoms with E-state index in [1.165, 1.54) is 29.5 Å². The zero-order valence-electron chi connectivity index (χ0n) is 14.1. The number of nitrogens with two attached hydrogens (primary N) is 1. The second-order valence-electron chi connectivity index (χ2n) is 6.92. The van der Waals surface area contributed by atoms with E-state index in [9.17, 15) is 0 Å². The van der Waals surface area contributed by atoms with Crippen molar-refractivity contribution in [1.29, 1.82) is 0 Å². The molecule has 0 saturated heterocycles. The second kappa shape index (κ2) is 6.93. The SMILES string of the molecule is CCOC1(C(N)Cc2cc(C)ccc2C)CCC(C)CC1. The van der Waals surface area contributed by atoms with Crippen LogP contribution < -0.4 is 5.73 Å². The van der Waals surface area contributed by atoms with E-state index in [4.69, 9.17) is 10.5 Å². The van der Waals surface area contributed by atoms with E-state index in [0.717, 1.165) is 31.8 Å². The smallest absolute Gasteiger partial charge is 0.0835 e. The number of benzene rings is 1. The number of ether oxygens (including phenoxy) is 1. The molecule has 1 atom stereocenters. The second-order valence-corrected chi connectivity index (χ2v) is 6.92. The van der Waals surface area contributed by atoms with Gasteiger partial charge in [-0.05, 0) is 69.9 Å². The summed E-state index contributed by atoms with van der Waals surface area (Å²) >= 11 is 0. The molecule has 0 heterocycles. The highest BCUT2D eigenvalue weighted by atomic mass is 16.5. The summed E-state index contributed by atoms with van der Waals surface area (Å²) in [6, 6.07) is 6.74. The molecule has 1 unspecified atom stereocenters. The highest BCUT2D eigenvalue weighted by molar-refractivity contribution is 5.31. The van der Waals surface area contributed by atoms with E-state index in [2.05, 4.69) is 45.9 Å². The van der Waals surface area contributed by atoms with Crippen LogP contribution in [0.5, 0.6) is 0 Å². The fourth-order valence-electron chi connectivity index (χ4n) is 3.60. The van der Waals surface area contributed by atoms with Gasteiger partial charge in [-0.1, -0.05) is 30.7 Å². The molecule has 1 fully saturated rings. The largest absolute Gasteiger partial charge is 0.374 e. The molecular weight excluding hydrogens is 258 g/mol. The molecule has 0 aromatic heterocycles. The average Bonchev–Trinajstić information content (AvgIpc) is 2.46. The van der Waals surface area contributed by atoms with Crippen LogP contribution in [-0.2, 0) is 11.2 Å². The van der Waals surface area contributed by atoms with Gasteiger partial charge in [-0.15, -0.1) is 0 Å². The van der Waals surface area contributed by atoms with Crippen LogP contribution in [0.2, 0.25) is 0 Å². The zero-order chi connectivity index (χ0) is 15.5. The summed E-state index contributed by atoms with van der Waals surface area (Å²) in [7, 11) is 0. The molecule has 21 heavy (non-hydrogen) atoms. The van der Waals surface area contributed by atoms with Crippen LogP contribution >= 0.6 is 0 Å². The van der Waals surface area contributed by atoms with Crippen molar-refractivity contribution in [2.45, 2.75) is 71.4 Å². The van der Waals surface area contributed by atoms with Gasteiger partial charge in [0.25, 0.3) is 0 Å². The summed E-state index contributed by atoms with van der Waals surface area (Å²) in [5.74, 6) is 0.812. The van der Waals surface area contributed by atoms with Crippen LogP contribution in [0.25, 0.3) is 0 Å². The molecule has 1 saturated carbocycles. The Labute approximate surface area is 130 Å². The van der Waals surface area contributed by atoms with Gasteiger partial charge in [0.2, 0.25) is 0 Å². The predicted molar refractivity (Wildman–Crippen MR) is 89.6 cm³/mol. The molecule has 0 bridgehead atoms. The molecule has 2 nitrogen and oxygen atoms in total. The van der Waals surface area contributed by atoms with E-state index in [0.29, 0.717) is 0 Å². The van der Waals surface area contributed by atoms with Crippen molar-refractivity contribution in [2.75, 3.05) is 6.61 Å². The lowest BCUT2D eigenvalue weighted by Crippen LogP contribution is -2.53. The summed E-state index contributed by atoms with van der Waals surface area (Å²) < 4.78 is 6.20. The first-order valence-electron chi connectivity index (χ1n) is 8.42. The molecule has 1 aromatic rings. The Hall–Kier alpha value is -0.860. The van der Waals surface area contributed by atoms with Crippen molar-refractivity contribution in [3.8, 4) is 0 Å². The maximum absolute atomic E-state index is 6.64. The van der Waals surface area contributed by atoms with Crippen molar-refractivity contribution in [3.05, 3.63) is 34.9 Å². The maximum Gasteiger partial charge on any atom is 0.0835 e. The predicted octanol–water partition coefficient (Wildman–Crippen LogP) is 4.16. The lowest BCUT2D eigenvalue weighted by Gasteiger charge is -2.43. The van der Waals surface area contributed by atoms with E-state index < -0.39 is 0 Å². The van der Waals surface area contributed by atoms with Gasteiger partial charge in [0.15, 0.2) is 0 Å². The van der Waals surface area contributed by atoms with Crippen LogP contribution in [0.15, 0.2) is 18.2 Å². The Morgan fingerprint density at radius 3 is 2.57 bits per heavy atom. The first kappa shape index (κ1) is 16.5. The van der Waals surface area contributed by atoms with E-state index >= 15 is 0 Å². The van der Waals surface area contributed by atoms with Crippen molar-refractivity contribution in [2.24, 2.45) is 11.7 Å². The summed E-state index contributed by atoms with van der Waals surface area (Å²) in [6.45, 7) is 9.51. The first-order chi connectivity index (χ1) is 9.97. The monoisotopic (exact) mass is 289 g/mol. The maximum atomic E-state index is 6.64. The lowest BCUT2D eigenvalue weighted by molar-refractivity contribution is -0.0883. The molecule has 0 radical (unpaired) electrons. The van der Waals surface area contributed by atoms with Gasteiger partial charge in [0.1, 0.15) is 0 Å². The minimum Gasteiger partial charge on any atom is -0.374 e. The summed E-state index contributed by atoms with van der Waals surface area (Å²) in [4.78, 5) is 0. The van der Waals surface area contributed by atoms with Crippen LogP contribution in [0.3, 0.4) is 0 Å².